The summed E-state index contributed by atoms with van der Waals surface area (Å²) in [4.78, 5) is 29.7. The van der Waals surface area contributed by atoms with Crippen molar-refractivity contribution >= 4 is 11.8 Å². The van der Waals surface area contributed by atoms with Crippen LogP contribution in [0.2, 0.25) is 0 Å². The quantitative estimate of drug-likeness (QED) is 0.785. The number of nitrogens with zero attached hydrogens (tertiary/aromatic N) is 2. The van der Waals surface area contributed by atoms with Gasteiger partial charge in [-0.3, -0.25) is 9.59 Å². The Hall–Kier alpha value is -3.02. The van der Waals surface area contributed by atoms with E-state index in [0.29, 0.717) is 24.8 Å². The van der Waals surface area contributed by atoms with Gasteiger partial charge >= 0.3 is 0 Å². The topological polar surface area (TPSA) is 59.1 Å². The van der Waals surface area contributed by atoms with Crippen LogP contribution < -0.4 is 9.47 Å². The van der Waals surface area contributed by atoms with E-state index in [9.17, 15) is 9.59 Å². The van der Waals surface area contributed by atoms with Crippen molar-refractivity contribution in [2.45, 2.75) is 25.8 Å². The third kappa shape index (κ3) is 3.74. The second kappa shape index (κ2) is 8.01. The van der Waals surface area contributed by atoms with Gasteiger partial charge in [-0.1, -0.05) is 24.3 Å². The number of likely N-dealkylation sites (tertiary alicyclic amines) is 2. The molecule has 6 nitrogen and oxygen atoms in total. The number of carbonyl (C=O) groups excluding carboxylic acids is 2. The molecular weight excluding hydrogens is 380 g/mol. The second-order valence-corrected chi connectivity index (χ2v) is 8.42. The Kier molecular flexibility index (Phi) is 5.07. The molecule has 0 bridgehead atoms. The van der Waals surface area contributed by atoms with Gasteiger partial charge in [0.05, 0.1) is 0 Å². The molecule has 0 saturated carbocycles. The summed E-state index contributed by atoms with van der Waals surface area (Å²) in [5.74, 6) is 2.55. The number of hydrogen-bond acceptors (Lipinski definition) is 4. The van der Waals surface area contributed by atoms with Gasteiger partial charge in [0.15, 0.2) is 11.5 Å². The Labute approximate surface area is 176 Å². The van der Waals surface area contributed by atoms with Crippen LogP contribution >= 0.6 is 0 Å². The summed E-state index contributed by atoms with van der Waals surface area (Å²) in [6.45, 7) is 3.03. The zero-order valence-corrected chi connectivity index (χ0v) is 17.0. The zero-order valence-electron chi connectivity index (χ0n) is 17.0. The number of amides is 2. The molecule has 6 heteroatoms. The van der Waals surface area contributed by atoms with E-state index in [0.717, 1.165) is 55.1 Å². The largest absolute Gasteiger partial charge is 0.454 e. The van der Waals surface area contributed by atoms with Gasteiger partial charge in [0.25, 0.3) is 5.91 Å². The molecule has 0 unspecified atom stereocenters. The Morgan fingerprint density at radius 3 is 2.63 bits per heavy atom. The number of ether oxygens (including phenoxy) is 2. The molecule has 3 aliphatic heterocycles. The first-order valence-corrected chi connectivity index (χ1v) is 10.7. The third-order valence-corrected chi connectivity index (χ3v) is 6.57. The molecule has 0 aliphatic carbocycles. The lowest BCUT2D eigenvalue weighted by Crippen LogP contribution is -2.43. The van der Waals surface area contributed by atoms with Crippen LogP contribution in [-0.4, -0.2) is 48.0 Å². The molecule has 2 fully saturated rings. The molecule has 0 spiro atoms. The van der Waals surface area contributed by atoms with Crippen molar-refractivity contribution in [2.75, 3.05) is 26.4 Å². The predicted molar refractivity (Wildman–Crippen MR) is 111 cm³/mol. The molecule has 5 rings (SSSR count). The maximum atomic E-state index is 12.9. The summed E-state index contributed by atoms with van der Waals surface area (Å²) in [6.07, 6.45) is 2.40. The van der Waals surface area contributed by atoms with Crippen molar-refractivity contribution in [1.82, 2.24) is 9.80 Å². The number of benzene rings is 2. The lowest BCUT2D eigenvalue weighted by Gasteiger charge is -2.37. The summed E-state index contributed by atoms with van der Waals surface area (Å²) in [6, 6.07) is 15.3. The fourth-order valence-electron chi connectivity index (χ4n) is 4.85. The highest BCUT2D eigenvalue weighted by Gasteiger charge is 2.36. The third-order valence-electron chi connectivity index (χ3n) is 6.57. The van der Waals surface area contributed by atoms with E-state index in [1.807, 2.05) is 58.3 Å². The minimum absolute atomic E-state index is 0.0989. The fourth-order valence-corrected chi connectivity index (χ4v) is 4.85. The first kappa shape index (κ1) is 19.0. The zero-order chi connectivity index (χ0) is 20.5. The molecule has 30 heavy (non-hydrogen) atoms. The SMILES string of the molecule is O=C1C[C@@H]2CCN(C(=O)c3ccccc3)C[C@@H]2CCN1Cc1ccc2c(c1)OCO2. The molecule has 3 aliphatic rings. The second-order valence-electron chi connectivity index (χ2n) is 8.42. The van der Waals surface area contributed by atoms with Gasteiger partial charge in [-0.25, -0.2) is 0 Å². The van der Waals surface area contributed by atoms with Gasteiger partial charge in [0, 0.05) is 38.2 Å². The van der Waals surface area contributed by atoms with Crippen molar-refractivity contribution in [3.63, 3.8) is 0 Å². The highest BCUT2D eigenvalue weighted by molar-refractivity contribution is 5.94. The molecule has 0 N–H and O–H groups in total. The molecule has 2 saturated heterocycles. The van der Waals surface area contributed by atoms with E-state index in [-0.39, 0.29) is 18.6 Å². The molecular formula is C24H26N2O4. The maximum absolute atomic E-state index is 12.9. The first-order valence-electron chi connectivity index (χ1n) is 10.7. The van der Waals surface area contributed by atoms with Gasteiger partial charge in [-0.05, 0) is 54.5 Å². The van der Waals surface area contributed by atoms with Crippen LogP contribution in [0.4, 0.5) is 0 Å². The van der Waals surface area contributed by atoms with Crippen LogP contribution in [0.1, 0.15) is 35.2 Å². The maximum Gasteiger partial charge on any atom is 0.253 e. The average Bonchev–Trinajstić information content (AvgIpc) is 3.19. The summed E-state index contributed by atoms with van der Waals surface area (Å²) in [5, 5.41) is 0. The Bertz CT molecular complexity index is 945. The summed E-state index contributed by atoms with van der Waals surface area (Å²) >= 11 is 0. The first-order chi connectivity index (χ1) is 14.7. The highest BCUT2D eigenvalue weighted by Crippen LogP contribution is 2.35. The Balaban J connectivity index is 1.24. The van der Waals surface area contributed by atoms with Gasteiger partial charge in [-0.15, -0.1) is 0 Å². The molecule has 2 aromatic carbocycles. The van der Waals surface area contributed by atoms with Gasteiger partial charge < -0.3 is 19.3 Å². The van der Waals surface area contributed by atoms with Gasteiger partial charge in [0.1, 0.15) is 0 Å². The van der Waals surface area contributed by atoms with Crippen LogP contribution in [-0.2, 0) is 11.3 Å². The molecule has 156 valence electrons. The number of carbonyl (C=O) groups is 2. The van der Waals surface area contributed by atoms with Crippen molar-refractivity contribution in [3.8, 4) is 11.5 Å². The molecule has 0 radical (unpaired) electrons. The molecule has 2 aromatic rings. The van der Waals surface area contributed by atoms with E-state index < -0.39 is 0 Å². The van der Waals surface area contributed by atoms with Crippen molar-refractivity contribution in [1.29, 1.82) is 0 Å². The van der Waals surface area contributed by atoms with Crippen LogP contribution in [0.15, 0.2) is 48.5 Å². The molecule has 2 amide bonds. The summed E-state index contributed by atoms with van der Waals surface area (Å²) in [7, 11) is 0. The van der Waals surface area contributed by atoms with E-state index >= 15 is 0 Å². The lowest BCUT2D eigenvalue weighted by atomic mass is 9.82. The van der Waals surface area contributed by atoms with Gasteiger partial charge in [0.2, 0.25) is 12.7 Å². The van der Waals surface area contributed by atoms with Crippen LogP contribution in [0.5, 0.6) is 11.5 Å². The van der Waals surface area contributed by atoms with E-state index in [1.165, 1.54) is 0 Å². The number of hydrogen-bond donors (Lipinski definition) is 0. The van der Waals surface area contributed by atoms with Crippen LogP contribution in [0.25, 0.3) is 0 Å². The Morgan fingerprint density at radius 2 is 1.77 bits per heavy atom. The van der Waals surface area contributed by atoms with E-state index in [1.54, 1.807) is 0 Å². The average molecular weight is 406 g/mol. The number of piperidine rings is 1. The summed E-state index contributed by atoms with van der Waals surface area (Å²) in [5.41, 5.74) is 1.79. The normalized spacial score (nSPS) is 23.1. The Morgan fingerprint density at radius 1 is 0.967 bits per heavy atom. The number of rotatable bonds is 3. The summed E-state index contributed by atoms with van der Waals surface area (Å²) < 4.78 is 10.8. The minimum atomic E-state index is 0.0989. The lowest BCUT2D eigenvalue weighted by molar-refractivity contribution is -0.132. The van der Waals surface area contributed by atoms with Crippen molar-refractivity contribution < 1.29 is 19.1 Å². The smallest absolute Gasteiger partial charge is 0.253 e. The van der Waals surface area contributed by atoms with E-state index in [2.05, 4.69) is 0 Å². The molecule has 3 heterocycles. The van der Waals surface area contributed by atoms with Crippen LogP contribution in [0.3, 0.4) is 0 Å². The molecule has 0 aromatic heterocycles. The highest BCUT2D eigenvalue weighted by atomic mass is 16.7. The standard InChI is InChI=1S/C24H26N2O4/c27-23-13-19-8-11-26(24(28)18-4-2-1-3-5-18)15-20(19)9-10-25(23)14-17-6-7-21-22(12-17)30-16-29-21/h1-7,12,19-20H,8-11,13-16H2/t19-,20-/m0/s1. The number of fused-ring (bicyclic) bond motifs is 2. The predicted octanol–water partition coefficient (Wildman–Crippen LogP) is 3.32. The van der Waals surface area contributed by atoms with Crippen molar-refractivity contribution in [2.24, 2.45) is 11.8 Å². The molecule has 2 atom stereocenters. The minimum Gasteiger partial charge on any atom is -0.454 e. The fraction of sp³-hybridized carbons (Fsp3) is 0.417. The van der Waals surface area contributed by atoms with Crippen molar-refractivity contribution in [3.05, 3.63) is 59.7 Å². The van der Waals surface area contributed by atoms with Crippen LogP contribution in [0, 0.1) is 11.8 Å². The van der Waals surface area contributed by atoms with E-state index in [4.69, 9.17) is 9.47 Å². The monoisotopic (exact) mass is 406 g/mol. The van der Waals surface area contributed by atoms with Gasteiger partial charge in [-0.2, -0.15) is 0 Å².